The number of carbonyl (C=O) groups excluding carboxylic acids is 2. The van der Waals surface area contributed by atoms with Crippen LogP contribution in [0.2, 0.25) is 0 Å². The largest absolute Gasteiger partial charge is 0.480 e. The highest BCUT2D eigenvalue weighted by Gasteiger charge is 2.54. The lowest BCUT2D eigenvalue weighted by molar-refractivity contribution is -0.156. The molecule has 20 heavy (non-hydrogen) atoms. The highest BCUT2D eigenvalue weighted by atomic mass is 16.4. The quantitative estimate of drug-likeness (QED) is 0.785. The summed E-state index contributed by atoms with van der Waals surface area (Å²) < 4.78 is 0. The Morgan fingerprint density at radius 2 is 1.95 bits per heavy atom. The smallest absolute Gasteiger partial charge is 0.326 e. The molecule has 0 radical (unpaired) electrons. The van der Waals surface area contributed by atoms with Gasteiger partial charge >= 0.3 is 5.97 Å². The van der Waals surface area contributed by atoms with Crippen LogP contribution in [0.25, 0.3) is 0 Å². The van der Waals surface area contributed by atoms with E-state index in [9.17, 15) is 19.5 Å². The molecule has 2 fully saturated rings. The monoisotopic (exact) mass is 281 g/mol. The zero-order valence-electron chi connectivity index (χ0n) is 12.1. The number of hydrogen-bond acceptors (Lipinski definition) is 3. The number of carboxylic acid groups (broad SMARTS) is 1. The van der Waals surface area contributed by atoms with Crippen LogP contribution in [0.4, 0.5) is 0 Å². The summed E-state index contributed by atoms with van der Waals surface area (Å²) in [6.07, 6.45) is 6.61. The number of carbonyl (C=O) groups is 3. The van der Waals surface area contributed by atoms with E-state index in [2.05, 4.69) is 0 Å². The maximum absolute atomic E-state index is 12.6. The van der Waals surface area contributed by atoms with E-state index in [1.165, 1.54) is 0 Å². The first-order valence-corrected chi connectivity index (χ1v) is 7.61. The fourth-order valence-electron chi connectivity index (χ4n) is 3.51. The third-order valence-electron chi connectivity index (χ3n) is 4.67. The molecule has 1 saturated heterocycles. The second-order valence-electron chi connectivity index (χ2n) is 6.08. The van der Waals surface area contributed by atoms with Gasteiger partial charge in [-0.1, -0.05) is 39.0 Å². The second-order valence-corrected chi connectivity index (χ2v) is 6.08. The lowest BCUT2D eigenvalue weighted by Crippen LogP contribution is -2.47. The van der Waals surface area contributed by atoms with E-state index < -0.39 is 17.4 Å². The van der Waals surface area contributed by atoms with Gasteiger partial charge in [0.25, 0.3) is 0 Å². The van der Waals surface area contributed by atoms with Crippen molar-refractivity contribution in [1.82, 2.24) is 4.90 Å². The minimum absolute atomic E-state index is 0.210. The van der Waals surface area contributed by atoms with Crippen LogP contribution in [0.15, 0.2) is 0 Å². The molecule has 1 unspecified atom stereocenters. The number of hydrogen-bond donors (Lipinski definition) is 1. The Morgan fingerprint density at radius 1 is 1.30 bits per heavy atom. The molecule has 1 saturated carbocycles. The Morgan fingerprint density at radius 3 is 2.50 bits per heavy atom. The van der Waals surface area contributed by atoms with Gasteiger partial charge in [0, 0.05) is 6.42 Å². The van der Waals surface area contributed by atoms with Crippen molar-refractivity contribution < 1.29 is 19.5 Å². The van der Waals surface area contributed by atoms with Crippen molar-refractivity contribution in [1.29, 1.82) is 0 Å². The summed E-state index contributed by atoms with van der Waals surface area (Å²) in [6, 6.07) is -0.976. The standard InChI is InChI=1S/C15H23NO4/c1-2-3-7-11(13(18)19)16-12(17)10-15(14(16)20)8-5-4-6-9-15/h11H,2-10H2,1H3,(H,18,19). The molecule has 1 spiro atoms. The fraction of sp³-hybridized carbons (Fsp3) is 0.800. The van der Waals surface area contributed by atoms with E-state index in [0.29, 0.717) is 12.8 Å². The molecule has 5 heteroatoms. The van der Waals surface area contributed by atoms with Crippen LogP contribution in [0.1, 0.15) is 64.7 Å². The lowest BCUT2D eigenvalue weighted by atomic mass is 9.73. The van der Waals surface area contributed by atoms with Crippen molar-refractivity contribution in [3.63, 3.8) is 0 Å². The van der Waals surface area contributed by atoms with Gasteiger partial charge in [-0.15, -0.1) is 0 Å². The molecule has 2 aliphatic rings. The van der Waals surface area contributed by atoms with Gasteiger partial charge in [-0.3, -0.25) is 14.5 Å². The molecule has 0 bridgehead atoms. The van der Waals surface area contributed by atoms with Gasteiger partial charge in [0.05, 0.1) is 5.41 Å². The normalized spacial score (nSPS) is 23.4. The molecule has 0 aromatic heterocycles. The number of carboxylic acids is 1. The molecule has 1 N–H and O–H groups in total. The maximum Gasteiger partial charge on any atom is 0.326 e. The van der Waals surface area contributed by atoms with Crippen LogP contribution in [0.5, 0.6) is 0 Å². The average Bonchev–Trinajstić information content (AvgIpc) is 2.64. The third kappa shape index (κ3) is 2.58. The van der Waals surface area contributed by atoms with Crippen LogP contribution in [-0.4, -0.2) is 33.8 Å². The highest BCUT2D eigenvalue weighted by Crippen LogP contribution is 2.46. The topological polar surface area (TPSA) is 74.7 Å². The number of amides is 2. The number of nitrogens with zero attached hydrogens (tertiary/aromatic N) is 1. The summed E-state index contributed by atoms with van der Waals surface area (Å²) in [5.41, 5.74) is -0.588. The molecular weight excluding hydrogens is 258 g/mol. The Labute approximate surface area is 119 Å². The first-order chi connectivity index (χ1) is 9.52. The second kappa shape index (κ2) is 5.94. The van der Waals surface area contributed by atoms with Crippen molar-refractivity contribution in [2.45, 2.75) is 70.8 Å². The van der Waals surface area contributed by atoms with E-state index >= 15 is 0 Å². The Kier molecular flexibility index (Phi) is 4.45. The molecule has 2 rings (SSSR count). The lowest BCUT2D eigenvalue weighted by Gasteiger charge is -2.31. The average molecular weight is 281 g/mol. The minimum atomic E-state index is -1.06. The summed E-state index contributed by atoms with van der Waals surface area (Å²) in [6.45, 7) is 1.97. The van der Waals surface area contributed by atoms with Gasteiger partial charge in [0.1, 0.15) is 6.04 Å². The van der Waals surface area contributed by atoms with E-state index in [-0.39, 0.29) is 18.2 Å². The molecule has 0 aromatic rings. The van der Waals surface area contributed by atoms with E-state index in [4.69, 9.17) is 0 Å². The van der Waals surface area contributed by atoms with Crippen molar-refractivity contribution in [3.05, 3.63) is 0 Å². The number of likely N-dealkylation sites (tertiary alicyclic amines) is 1. The van der Waals surface area contributed by atoms with Crippen molar-refractivity contribution in [3.8, 4) is 0 Å². The summed E-state index contributed by atoms with van der Waals surface area (Å²) in [4.78, 5) is 37.3. The Hall–Kier alpha value is -1.39. The molecule has 2 amide bonds. The maximum atomic E-state index is 12.6. The van der Waals surface area contributed by atoms with Gasteiger partial charge in [-0.25, -0.2) is 4.79 Å². The predicted molar refractivity (Wildman–Crippen MR) is 72.9 cm³/mol. The van der Waals surface area contributed by atoms with Crippen LogP contribution < -0.4 is 0 Å². The van der Waals surface area contributed by atoms with Gasteiger partial charge in [0.2, 0.25) is 11.8 Å². The molecule has 5 nitrogen and oxygen atoms in total. The summed E-state index contributed by atoms with van der Waals surface area (Å²) in [5.74, 6) is -1.58. The van der Waals surface area contributed by atoms with Crippen molar-refractivity contribution in [2.75, 3.05) is 0 Å². The van der Waals surface area contributed by atoms with Gasteiger partial charge in [0.15, 0.2) is 0 Å². The first-order valence-electron chi connectivity index (χ1n) is 7.61. The van der Waals surface area contributed by atoms with Gasteiger partial charge in [-0.05, 0) is 19.3 Å². The third-order valence-corrected chi connectivity index (χ3v) is 4.67. The van der Waals surface area contributed by atoms with E-state index in [0.717, 1.165) is 43.4 Å². The zero-order valence-corrected chi connectivity index (χ0v) is 12.1. The van der Waals surface area contributed by atoms with Crippen molar-refractivity contribution in [2.24, 2.45) is 5.41 Å². The predicted octanol–water partition coefficient (Wildman–Crippen LogP) is 2.34. The van der Waals surface area contributed by atoms with Crippen LogP contribution in [0, 0.1) is 5.41 Å². The van der Waals surface area contributed by atoms with Gasteiger partial charge in [-0.2, -0.15) is 0 Å². The molecule has 0 aromatic carbocycles. The Balaban J connectivity index is 2.20. The number of imide groups is 1. The molecule has 1 aliphatic heterocycles. The number of rotatable bonds is 5. The summed E-state index contributed by atoms with van der Waals surface area (Å²) >= 11 is 0. The molecule has 112 valence electrons. The van der Waals surface area contributed by atoms with Crippen LogP contribution in [0.3, 0.4) is 0 Å². The summed E-state index contributed by atoms with van der Waals surface area (Å²) in [5, 5.41) is 9.34. The molecule has 1 heterocycles. The minimum Gasteiger partial charge on any atom is -0.480 e. The van der Waals surface area contributed by atoms with Crippen LogP contribution >= 0.6 is 0 Å². The molecule has 1 atom stereocenters. The van der Waals surface area contributed by atoms with E-state index in [1.807, 2.05) is 6.92 Å². The molecule has 1 aliphatic carbocycles. The SMILES string of the molecule is CCCCC(C(=O)O)N1C(=O)CC2(CCCCC2)C1=O. The van der Waals surface area contributed by atoms with Crippen molar-refractivity contribution >= 4 is 17.8 Å². The first kappa shape index (κ1) is 15.0. The van der Waals surface area contributed by atoms with Gasteiger partial charge < -0.3 is 5.11 Å². The Bertz CT molecular complexity index is 412. The molecular formula is C15H23NO4. The zero-order chi connectivity index (χ0) is 14.8. The number of unbranched alkanes of at least 4 members (excludes halogenated alkanes) is 1. The number of aliphatic carboxylic acids is 1. The highest BCUT2D eigenvalue weighted by molar-refractivity contribution is 6.08. The van der Waals surface area contributed by atoms with Crippen LogP contribution in [-0.2, 0) is 14.4 Å². The van der Waals surface area contributed by atoms with E-state index in [1.54, 1.807) is 0 Å². The summed E-state index contributed by atoms with van der Waals surface area (Å²) in [7, 11) is 0. The fourth-order valence-corrected chi connectivity index (χ4v) is 3.51.